The fourth-order valence-electron chi connectivity index (χ4n) is 1.66. The van der Waals surface area contributed by atoms with Gasteiger partial charge in [0.25, 0.3) is 0 Å². The second-order valence-electron chi connectivity index (χ2n) is 4.42. The Morgan fingerprint density at radius 2 is 2.26 bits per heavy atom. The molecule has 4 nitrogen and oxygen atoms in total. The molecule has 100 valence electrons. The lowest BCUT2D eigenvalue weighted by Gasteiger charge is -2.13. The molecule has 0 bridgehead atoms. The van der Waals surface area contributed by atoms with Crippen LogP contribution in [0, 0.1) is 0 Å². The van der Waals surface area contributed by atoms with Gasteiger partial charge in [-0.1, -0.05) is 6.07 Å². The zero-order chi connectivity index (χ0) is 13.7. The van der Waals surface area contributed by atoms with E-state index in [4.69, 9.17) is 0 Å². The molecule has 0 atom stereocenters. The Labute approximate surface area is 117 Å². The van der Waals surface area contributed by atoms with Crippen LogP contribution < -0.4 is 10.2 Å². The molecule has 2 heterocycles. The number of pyridine rings is 1. The molecule has 2 aromatic heterocycles. The first-order valence-corrected chi connectivity index (χ1v) is 6.99. The lowest BCUT2D eigenvalue weighted by atomic mass is 10.2. The number of thiophene rings is 1. The lowest BCUT2D eigenvalue weighted by molar-refractivity contribution is -0.116. The van der Waals surface area contributed by atoms with Crippen LogP contribution in [0.3, 0.4) is 0 Å². The van der Waals surface area contributed by atoms with Crippen molar-refractivity contribution in [2.75, 3.05) is 24.3 Å². The van der Waals surface area contributed by atoms with Crippen molar-refractivity contribution in [3.63, 3.8) is 0 Å². The molecular weight excluding hydrogens is 258 g/mol. The normalized spacial score (nSPS) is 10.2. The summed E-state index contributed by atoms with van der Waals surface area (Å²) in [6.07, 6.45) is 2.95. The summed E-state index contributed by atoms with van der Waals surface area (Å²) >= 11 is 1.68. The Morgan fingerprint density at radius 3 is 2.95 bits per heavy atom. The van der Waals surface area contributed by atoms with Gasteiger partial charge in [-0.25, -0.2) is 4.98 Å². The maximum atomic E-state index is 11.8. The third kappa shape index (κ3) is 4.06. The SMILES string of the molecule is CN(C)c1ccnc(NC(=O)CCc2cccs2)c1. The summed E-state index contributed by atoms with van der Waals surface area (Å²) in [5.74, 6) is 0.596. The van der Waals surface area contributed by atoms with Gasteiger partial charge < -0.3 is 10.2 Å². The first kappa shape index (κ1) is 13.5. The minimum absolute atomic E-state index is 0.00296. The highest BCUT2D eigenvalue weighted by atomic mass is 32.1. The van der Waals surface area contributed by atoms with E-state index in [2.05, 4.69) is 10.3 Å². The highest BCUT2D eigenvalue weighted by Crippen LogP contribution is 2.15. The number of anilines is 2. The van der Waals surface area contributed by atoms with Gasteiger partial charge in [-0.3, -0.25) is 4.79 Å². The summed E-state index contributed by atoms with van der Waals surface area (Å²) in [5, 5.41) is 4.85. The van der Waals surface area contributed by atoms with Crippen molar-refractivity contribution in [1.29, 1.82) is 0 Å². The summed E-state index contributed by atoms with van der Waals surface area (Å²) in [5.41, 5.74) is 1.02. The number of hydrogen-bond acceptors (Lipinski definition) is 4. The average molecular weight is 275 g/mol. The zero-order valence-corrected chi connectivity index (χ0v) is 11.9. The number of carbonyl (C=O) groups is 1. The second kappa shape index (κ2) is 6.33. The summed E-state index contributed by atoms with van der Waals surface area (Å²) in [7, 11) is 3.91. The number of nitrogens with zero attached hydrogens (tertiary/aromatic N) is 2. The lowest BCUT2D eigenvalue weighted by Crippen LogP contribution is -2.14. The van der Waals surface area contributed by atoms with Crippen molar-refractivity contribution >= 4 is 28.7 Å². The van der Waals surface area contributed by atoms with Crippen molar-refractivity contribution in [1.82, 2.24) is 4.98 Å². The highest BCUT2D eigenvalue weighted by molar-refractivity contribution is 7.09. The Balaban J connectivity index is 1.89. The zero-order valence-electron chi connectivity index (χ0n) is 11.1. The predicted molar refractivity (Wildman–Crippen MR) is 79.8 cm³/mol. The van der Waals surface area contributed by atoms with Gasteiger partial charge in [0.15, 0.2) is 0 Å². The molecule has 0 spiro atoms. The molecule has 0 fully saturated rings. The predicted octanol–water partition coefficient (Wildman–Crippen LogP) is 2.78. The number of carbonyl (C=O) groups excluding carboxylic acids is 1. The number of nitrogens with one attached hydrogen (secondary N) is 1. The van der Waals surface area contributed by atoms with E-state index in [-0.39, 0.29) is 5.91 Å². The van der Waals surface area contributed by atoms with E-state index in [1.807, 2.05) is 48.6 Å². The van der Waals surface area contributed by atoms with E-state index in [1.54, 1.807) is 17.5 Å². The van der Waals surface area contributed by atoms with Crippen LogP contribution in [0.5, 0.6) is 0 Å². The standard InChI is InChI=1S/C14H17N3OS/c1-17(2)11-7-8-15-13(10-11)16-14(18)6-5-12-4-3-9-19-12/h3-4,7-10H,5-6H2,1-2H3,(H,15,16,18). The quantitative estimate of drug-likeness (QED) is 0.912. The maximum absolute atomic E-state index is 11.8. The largest absolute Gasteiger partial charge is 0.378 e. The van der Waals surface area contributed by atoms with E-state index in [9.17, 15) is 4.79 Å². The third-order valence-electron chi connectivity index (χ3n) is 2.71. The van der Waals surface area contributed by atoms with E-state index in [0.717, 1.165) is 12.1 Å². The van der Waals surface area contributed by atoms with Crippen molar-refractivity contribution in [2.45, 2.75) is 12.8 Å². The first-order chi connectivity index (χ1) is 9.15. The van der Waals surface area contributed by atoms with Gasteiger partial charge in [-0.15, -0.1) is 11.3 Å². The molecule has 2 aromatic rings. The Kier molecular flexibility index (Phi) is 4.52. The molecule has 0 aliphatic carbocycles. The molecule has 2 rings (SSSR count). The van der Waals surface area contributed by atoms with Crippen LogP contribution in [0.4, 0.5) is 11.5 Å². The highest BCUT2D eigenvalue weighted by Gasteiger charge is 2.05. The van der Waals surface area contributed by atoms with E-state index < -0.39 is 0 Å². The van der Waals surface area contributed by atoms with Crippen LogP contribution in [0.2, 0.25) is 0 Å². The van der Waals surface area contributed by atoms with E-state index in [0.29, 0.717) is 12.2 Å². The van der Waals surface area contributed by atoms with Gasteiger partial charge in [-0.2, -0.15) is 0 Å². The number of amides is 1. The summed E-state index contributed by atoms with van der Waals surface area (Å²) in [4.78, 5) is 19.2. The molecular formula is C14H17N3OS. The van der Waals surface area contributed by atoms with Crippen LogP contribution in [-0.2, 0) is 11.2 Å². The van der Waals surface area contributed by atoms with Crippen molar-refractivity contribution in [2.24, 2.45) is 0 Å². The number of aryl methyl sites for hydroxylation is 1. The molecule has 0 aliphatic heterocycles. The van der Waals surface area contributed by atoms with Gasteiger partial charge in [0, 0.05) is 43.3 Å². The fraction of sp³-hybridized carbons (Fsp3) is 0.286. The van der Waals surface area contributed by atoms with Crippen molar-refractivity contribution in [3.05, 3.63) is 40.7 Å². The molecule has 0 aromatic carbocycles. The van der Waals surface area contributed by atoms with E-state index in [1.165, 1.54) is 4.88 Å². The van der Waals surface area contributed by atoms with Crippen LogP contribution in [0.1, 0.15) is 11.3 Å². The first-order valence-electron chi connectivity index (χ1n) is 6.11. The molecule has 0 aliphatic rings. The number of aromatic nitrogens is 1. The van der Waals surface area contributed by atoms with Gasteiger partial charge in [0.2, 0.25) is 5.91 Å². The van der Waals surface area contributed by atoms with Gasteiger partial charge in [0.05, 0.1) is 0 Å². The summed E-state index contributed by atoms with van der Waals surface area (Å²) in [6.45, 7) is 0. The van der Waals surface area contributed by atoms with Crippen LogP contribution in [0.25, 0.3) is 0 Å². The molecule has 0 saturated heterocycles. The second-order valence-corrected chi connectivity index (χ2v) is 5.45. The topological polar surface area (TPSA) is 45.2 Å². The van der Waals surface area contributed by atoms with Gasteiger partial charge >= 0.3 is 0 Å². The van der Waals surface area contributed by atoms with Gasteiger partial charge in [0.1, 0.15) is 5.82 Å². The molecule has 0 saturated carbocycles. The molecule has 1 amide bonds. The smallest absolute Gasteiger partial charge is 0.225 e. The fourth-order valence-corrected chi connectivity index (χ4v) is 2.37. The van der Waals surface area contributed by atoms with Crippen molar-refractivity contribution < 1.29 is 4.79 Å². The average Bonchev–Trinajstić information content (AvgIpc) is 2.90. The third-order valence-corrected chi connectivity index (χ3v) is 3.64. The van der Waals surface area contributed by atoms with Crippen molar-refractivity contribution in [3.8, 4) is 0 Å². The van der Waals surface area contributed by atoms with Crippen LogP contribution in [0.15, 0.2) is 35.8 Å². The number of rotatable bonds is 5. The molecule has 19 heavy (non-hydrogen) atoms. The molecule has 1 N–H and O–H groups in total. The minimum Gasteiger partial charge on any atom is -0.378 e. The molecule has 5 heteroatoms. The van der Waals surface area contributed by atoms with Crippen LogP contribution >= 0.6 is 11.3 Å². The van der Waals surface area contributed by atoms with E-state index >= 15 is 0 Å². The maximum Gasteiger partial charge on any atom is 0.225 e. The Morgan fingerprint density at radius 1 is 1.42 bits per heavy atom. The summed E-state index contributed by atoms with van der Waals surface area (Å²) in [6, 6.07) is 7.81. The summed E-state index contributed by atoms with van der Waals surface area (Å²) < 4.78 is 0. The Hall–Kier alpha value is -1.88. The van der Waals surface area contributed by atoms with Gasteiger partial charge in [-0.05, 0) is 23.9 Å². The number of hydrogen-bond donors (Lipinski definition) is 1. The van der Waals surface area contributed by atoms with Crippen LogP contribution in [-0.4, -0.2) is 25.0 Å². The molecule has 0 radical (unpaired) electrons. The molecule has 0 unspecified atom stereocenters. The monoisotopic (exact) mass is 275 g/mol. The minimum atomic E-state index is -0.00296. The Bertz CT molecular complexity index is 537.